The summed E-state index contributed by atoms with van der Waals surface area (Å²) in [4.78, 5) is 12.3. The number of nitrogens with one attached hydrogen (secondary N) is 2. The highest BCUT2D eigenvalue weighted by molar-refractivity contribution is 5.91. The van der Waals surface area contributed by atoms with E-state index < -0.39 is 0 Å². The number of aryl methyl sites for hydroxylation is 1. The van der Waals surface area contributed by atoms with Crippen LogP contribution in [0.3, 0.4) is 0 Å². The molecule has 6 heteroatoms. The number of rotatable bonds is 6. The van der Waals surface area contributed by atoms with Crippen LogP contribution in [0, 0.1) is 5.82 Å². The molecular weight excluding hydrogens is 335 g/mol. The molecule has 0 bridgehead atoms. The molecule has 1 amide bonds. The summed E-state index contributed by atoms with van der Waals surface area (Å²) in [5.74, 6) is 0.848. The van der Waals surface area contributed by atoms with Crippen molar-refractivity contribution in [3.63, 3.8) is 0 Å². The maximum Gasteiger partial charge on any atom is 0.224 e. The van der Waals surface area contributed by atoms with Crippen LogP contribution in [0.4, 0.5) is 10.1 Å². The predicted octanol–water partition coefficient (Wildman–Crippen LogP) is 3.06. The van der Waals surface area contributed by atoms with Gasteiger partial charge in [0.15, 0.2) is 0 Å². The van der Waals surface area contributed by atoms with Crippen LogP contribution in [0.2, 0.25) is 0 Å². The van der Waals surface area contributed by atoms with Gasteiger partial charge >= 0.3 is 0 Å². The summed E-state index contributed by atoms with van der Waals surface area (Å²) in [7, 11) is 3.18. The summed E-state index contributed by atoms with van der Waals surface area (Å²) in [6, 6.07) is 8.96. The molecule has 2 aromatic carbocycles. The summed E-state index contributed by atoms with van der Waals surface area (Å²) in [5.41, 5.74) is 2.76. The van der Waals surface area contributed by atoms with Crippen molar-refractivity contribution in [1.29, 1.82) is 0 Å². The maximum atomic E-state index is 14.6. The van der Waals surface area contributed by atoms with E-state index in [9.17, 15) is 9.18 Å². The third-order valence-corrected chi connectivity index (χ3v) is 4.59. The van der Waals surface area contributed by atoms with Crippen molar-refractivity contribution >= 4 is 11.6 Å². The molecule has 1 aliphatic rings. The molecule has 0 aromatic heterocycles. The second kappa shape index (κ2) is 8.19. The zero-order chi connectivity index (χ0) is 18.5. The Kier molecular flexibility index (Phi) is 5.73. The molecule has 0 atom stereocenters. The highest BCUT2D eigenvalue weighted by atomic mass is 19.1. The SMILES string of the molecule is COc1ccc(OC)c(CCC(=O)Nc2ccc3c(c2F)CCNC3)c1. The van der Waals surface area contributed by atoms with Crippen LogP contribution in [0.1, 0.15) is 23.1 Å². The number of carbonyl (C=O) groups is 1. The molecule has 2 N–H and O–H groups in total. The van der Waals surface area contributed by atoms with Crippen molar-refractivity contribution in [2.24, 2.45) is 0 Å². The van der Waals surface area contributed by atoms with E-state index in [1.807, 2.05) is 18.2 Å². The maximum absolute atomic E-state index is 14.6. The normalized spacial score (nSPS) is 13.0. The van der Waals surface area contributed by atoms with Crippen molar-refractivity contribution < 1.29 is 18.7 Å². The average Bonchev–Trinajstić information content (AvgIpc) is 2.68. The summed E-state index contributed by atoms with van der Waals surface area (Å²) in [6.07, 6.45) is 1.33. The molecule has 0 fully saturated rings. The first kappa shape index (κ1) is 18.2. The molecule has 0 saturated carbocycles. The fourth-order valence-corrected chi connectivity index (χ4v) is 3.17. The van der Waals surface area contributed by atoms with Gasteiger partial charge in [-0.1, -0.05) is 6.07 Å². The lowest BCUT2D eigenvalue weighted by Crippen LogP contribution is -2.25. The fourth-order valence-electron chi connectivity index (χ4n) is 3.17. The minimum Gasteiger partial charge on any atom is -0.497 e. The van der Waals surface area contributed by atoms with Gasteiger partial charge in [0.25, 0.3) is 0 Å². The Balaban J connectivity index is 1.67. The third kappa shape index (κ3) is 3.96. The Morgan fingerprint density at radius 2 is 2.08 bits per heavy atom. The number of halogens is 1. The molecular formula is C20H23FN2O3. The smallest absolute Gasteiger partial charge is 0.224 e. The molecule has 26 heavy (non-hydrogen) atoms. The number of anilines is 1. The van der Waals surface area contributed by atoms with Crippen LogP contribution in [0.15, 0.2) is 30.3 Å². The molecule has 0 aliphatic carbocycles. The van der Waals surface area contributed by atoms with Gasteiger partial charge in [-0.2, -0.15) is 0 Å². The van der Waals surface area contributed by atoms with Crippen molar-refractivity contribution in [2.45, 2.75) is 25.8 Å². The third-order valence-electron chi connectivity index (χ3n) is 4.59. The number of fused-ring (bicyclic) bond motifs is 1. The van der Waals surface area contributed by atoms with Crippen LogP contribution < -0.4 is 20.1 Å². The Morgan fingerprint density at radius 1 is 1.23 bits per heavy atom. The lowest BCUT2D eigenvalue weighted by atomic mass is 9.99. The van der Waals surface area contributed by atoms with Gasteiger partial charge in [0, 0.05) is 13.0 Å². The van der Waals surface area contributed by atoms with Gasteiger partial charge in [-0.15, -0.1) is 0 Å². The molecule has 1 heterocycles. The van der Waals surface area contributed by atoms with Gasteiger partial charge in [0.1, 0.15) is 17.3 Å². The van der Waals surface area contributed by atoms with Crippen LogP contribution in [0.5, 0.6) is 11.5 Å². The van der Waals surface area contributed by atoms with E-state index in [0.717, 1.165) is 17.7 Å². The van der Waals surface area contributed by atoms with Crippen LogP contribution in [0.25, 0.3) is 0 Å². The molecule has 0 spiro atoms. The molecule has 0 unspecified atom stereocenters. The minimum atomic E-state index is -0.323. The number of hydrogen-bond donors (Lipinski definition) is 2. The molecule has 5 nitrogen and oxygen atoms in total. The highest BCUT2D eigenvalue weighted by Gasteiger charge is 2.17. The number of amides is 1. The van der Waals surface area contributed by atoms with Crippen LogP contribution in [-0.2, 0) is 24.2 Å². The number of benzene rings is 2. The van der Waals surface area contributed by atoms with E-state index in [4.69, 9.17) is 9.47 Å². The zero-order valence-electron chi connectivity index (χ0n) is 15.0. The monoisotopic (exact) mass is 358 g/mol. The van der Waals surface area contributed by atoms with E-state index in [2.05, 4.69) is 10.6 Å². The standard InChI is InChI=1S/C20H23FN2O3/c1-25-15-5-7-18(26-2)13(11-15)4-8-19(24)23-17-6-3-14-12-22-10-9-16(14)20(17)21/h3,5-7,11,22H,4,8-10,12H2,1-2H3,(H,23,24). The van der Waals surface area contributed by atoms with Gasteiger partial charge in [-0.25, -0.2) is 4.39 Å². The molecule has 0 saturated heterocycles. The first-order chi connectivity index (χ1) is 12.6. The topological polar surface area (TPSA) is 59.6 Å². The Labute approximate surface area is 152 Å². The van der Waals surface area contributed by atoms with E-state index in [0.29, 0.717) is 36.4 Å². The van der Waals surface area contributed by atoms with Crippen molar-refractivity contribution in [3.8, 4) is 11.5 Å². The largest absolute Gasteiger partial charge is 0.497 e. The Morgan fingerprint density at radius 3 is 2.85 bits per heavy atom. The fraction of sp³-hybridized carbons (Fsp3) is 0.350. The number of carbonyl (C=O) groups excluding carboxylic acids is 1. The van der Waals surface area contributed by atoms with Gasteiger partial charge in [0.05, 0.1) is 19.9 Å². The van der Waals surface area contributed by atoms with Gasteiger partial charge < -0.3 is 20.1 Å². The van der Waals surface area contributed by atoms with E-state index in [1.165, 1.54) is 0 Å². The van der Waals surface area contributed by atoms with E-state index in [1.54, 1.807) is 26.4 Å². The Bertz CT molecular complexity index is 808. The molecule has 0 radical (unpaired) electrons. The first-order valence-corrected chi connectivity index (χ1v) is 8.64. The second-order valence-corrected chi connectivity index (χ2v) is 6.22. The average molecular weight is 358 g/mol. The van der Waals surface area contributed by atoms with E-state index >= 15 is 0 Å². The number of methoxy groups -OCH3 is 2. The highest BCUT2D eigenvalue weighted by Crippen LogP contribution is 2.27. The Hall–Kier alpha value is -2.60. The lowest BCUT2D eigenvalue weighted by molar-refractivity contribution is -0.116. The van der Waals surface area contributed by atoms with Gasteiger partial charge in [0.2, 0.25) is 5.91 Å². The minimum absolute atomic E-state index is 0.224. The molecule has 2 aromatic rings. The summed E-state index contributed by atoms with van der Waals surface area (Å²) < 4.78 is 25.2. The van der Waals surface area contributed by atoms with Crippen LogP contribution >= 0.6 is 0 Å². The molecule has 1 aliphatic heterocycles. The lowest BCUT2D eigenvalue weighted by Gasteiger charge is -2.19. The summed E-state index contributed by atoms with van der Waals surface area (Å²) in [5, 5.41) is 5.90. The molecule has 3 rings (SSSR count). The molecule has 138 valence electrons. The quantitative estimate of drug-likeness (QED) is 0.833. The van der Waals surface area contributed by atoms with Gasteiger partial charge in [-0.3, -0.25) is 4.79 Å². The van der Waals surface area contributed by atoms with Crippen molar-refractivity contribution in [1.82, 2.24) is 5.32 Å². The van der Waals surface area contributed by atoms with E-state index in [-0.39, 0.29) is 23.8 Å². The van der Waals surface area contributed by atoms with Crippen molar-refractivity contribution in [3.05, 3.63) is 52.8 Å². The van der Waals surface area contributed by atoms with Gasteiger partial charge in [-0.05, 0) is 60.3 Å². The first-order valence-electron chi connectivity index (χ1n) is 8.64. The number of ether oxygens (including phenoxy) is 2. The zero-order valence-corrected chi connectivity index (χ0v) is 15.0. The van der Waals surface area contributed by atoms with Crippen LogP contribution in [-0.4, -0.2) is 26.7 Å². The predicted molar refractivity (Wildman–Crippen MR) is 98.3 cm³/mol. The van der Waals surface area contributed by atoms with Crippen molar-refractivity contribution in [2.75, 3.05) is 26.1 Å². The summed E-state index contributed by atoms with van der Waals surface area (Å²) >= 11 is 0. The number of hydrogen-bond acceptors (Lipinski definition) is 4. The summed E-state index contributed by atoms with van der Waals surface area (Å²) in [6.45, 7) is 1.41. The second-order valence-electron chi connectivity index (χ2n) is 6.22.